The zero-order valence-corrected chi connectivity index (χ0v) is 13.8. The fraction of sp³-hybridized carbons (Fsp3) is 0.636. The summed E-state index contributed by atoms with van der Waals surface area (Å²) in [5.74, 6) is 0.321. The van der Waals surface area contributed by atoms with Crippen LogP contribution in [-0.2, 0) is 10.0 Å². The molecule has 0 bridgehead atoms. The van der Waals surface area contributed by atoms with Crippen molar-refractivity contribution in [2.24, 2.45) is 5.92 Å². The second-order valence-corrected chi connectivity index (χ2v) is 8.96. The third-order valence-corrected chi connectivity index (χ3v) is 6.53. The van der Waals surface area contributed by atoms with E-state index in [0.717, 1.165) is 9.35 Å². The molecule has 0 spiro atoms. The van der Waals surface area contributed by atoms with Gasteiger partial charge in [0.2, 0.25) is 10.0 Å². The first-order valence-electron chi connectivity index (χ1n) is 5.65. The number of halogens is 1. The normalized spacial score (nSPS) is 14.1. The third kappa shape index (κ3) is 4.31. The van der Waals surface area contributed by atoms with Gasteiger partial charge >= 0.3 is 0 Å². The highest BCUT2D eigenvalue weighted by molar-refractivity contribution is 9.11. The molecule has 0 saturated heterocycles. The van der Waals surface area contributed by atoms with Crippen LogP contribution in [0.4, 0.5) is 0 Å². The van der Waals surface area contributed by atoms with Gasteiger partial charge in [-0.2, -0.15) is 0 Å². The molecule has 1 rings (SSSR count). The SMILES string of the molecule is Cc1cc(S(=O)(=O)NC(CO)CC(C)C)sc1Br. The Balaban J connectivity index is 2.87. The number of nitrogens with one attached hydrogen (secondary N) is 1. The molecule has 1 atom stereocenters. The zero-order chi connectivity index (χ0) is 13.9. The average molecular weight is 356 g/mol. The lowest BCUT2D eigenvalue weighted by atomic mass is 10.1. The van der Waals surface area contributed by atoms with E-state index < -0.39 is 16.1 Å². The van der Waals surface area contributed by atoms with Crippen LogP contribution in [0.1, 0.15) is 25.8 Å². The highest BCUT2D eigenvalue weighted by atomic mass is 79.9. The van der Waals surface area contributed by atoms with Crippen molar-refractivity contribution in [2.75, 3.05) is 6.61 Å². The van der Waals surface area contributed by atoms with Crippen molar-refractivity contribution in [3.8, 4) is 0 Å². The molecule has 1 heterocycles. The summed E-state index contributed by atoms with van der Waals surface area (Å²) in [5, 5.41) is 9.21. The van der Waals surface area contributed by atoms with Gasteiger partial charge in [0.15, 0.2) is 0 Å². The Morgan fingerprint density at radius 2 is 2.11 bits per heavy atom. The number of thiophene rings is 1. The summed E-state index contributed by atoms with van der Waals surface area (Å²) in [6, 6.07) is 1.19. The van der Waals surface area contributed by atoms with Crippen LogP contribution in [0.15, 0.2) is 14.1 Å². The molecule has 4 nitrogen and oxygen atoms in total. The van der Waals surface area contributed by atoms with Crippen molar-refractivity contribution < 1.29 is 13.5 Å². The molecule has 104 valence electrons. The van der Waals surface area contributed by atoms with Gasteiger partial charge in [0.25, 0.3) is 0 Å². The Bertz CT molecular complexity index is 477. The minimum absolute atomic E-state index is 0.192. The highest BCUT2D eigenvalue weighted by Gasteiger charge is 2.22. The van der Waals surface area contributed by atoms with Crippen molar-refractivity contribution in [1.82, 2.24) is 4.72 Å². The lowest BCUT2D eigenvalue weighted by Crippen LogP contribution is -2.38. The zero-order valence-electron chi connectivity index (χ0n) is 10.6. The number of hydrogen-bond acceptors (Lipinski definition) is 4. The van der Waals surface area contributed by atoms with Gasteiger partial charge in [0.05, 0.1) is 10.4 Å². The minimum atomic E-state index is -3.54. The Morgan fingerprint density at radius 1 is 1.50 bits per heavy atom. The van der Waals surface area contributed by atoms with Crippen LogP contribution in [-0.4, -0.2) is 26.2 Å². The smallest absolute Gasteiger partial charge is 0.250 e. The van der Waals surface area contributed by atoms with Crippen LogP contribution in [0.2, 0.25) is 0 Å². The summed E-state index contributed by atoms with van der Waals surface area (Å²) in [6.07, 6.45) is 0.612. The molecule has 0 aromatic carbocycles. The van der Waals surface area contributed by atoms with Gasteiger partial charge in [-0.1, -0.05) is 13.8 Å². The highest BCUT2D eigenvalue weighted by Crippen LogP contribution is 2.30. The van der Waals surface area contributed by atoms with E-state index in [9.17, 15) is 13.5 Å². The van der Waals surface area contributed by atoms with Gasteiger partial charge in [0.1, 0.15) is 4.21 Å². The number of rotatable bonds is 6. The molecule has 0 amide bonds. The first kappa shape index (κ1) is 16.1. The first-order chi connectivity index (χ1) is 8.26. The van der Waals surface area contributed by atoms with Crippen molar-refractivity contribution in [3.63, 3.8) is 0 Å². The molecule has 0 fully saturated rings. The topological polar surface area (TPSA) is 66.4 Å². The van der Waals surface area contributed by atoms with Crippen LogP contribution >= 0.6 is 27.3 Å². The molecular weight excluding hydrogens is 338 g/mol. The van der Waals surface area contributed by atoms with Crippen molar-refractivity contribution in [2.45, 2.75) is 37.4 Å². The van der Waals surface area contributed by atoms with E-state index in [-0.39, 0.29) is 10.8 Å². The van der Waals surface area contributed by atoms with E-state index in [1.165, 1.54) is 11.3 Å². The lowest BCUT2D eigenvalue weighted by molar-refractivity contribution is 0.240. The molecule has 0 radical (unpaired) electrons. The second-order valence-electron chi connectivity index (χ2n) is 4.65. The fourth-order valence-electron chi connectivity index (χ4n) is 1.57. The Hall–Kier alpha value is 0.0500. The Kier molecular flexibility index (Phi) is 5.79. The molecule has 2 N–H and O–H groups in total. The molecule has 0 aliphatic heterocycles. The van der Waals surface area contributed by atoms with E-state index in [4.69, 9.17) is 0 Å². The van der Waals surface area contributed by atoms with Crippen LogP contribution in [0.3, 0.4) is 0 Å². The van der Waals surface area contributed by atoms with Crippen molar-refractivity contribution in [3.05, 3.63) is 15.4 Å². The van der Waals surface area contributed by atoms with E-state index in [1.807, 2.05) is 20.8 Å². The summed E-state index contributed by atoms with van der Waals surface area (Å²) in [6.45, 7) is 5.63. The predicted octanol–water partition coefficient (Wildman–Crippen LogP) is 2.50. The molecule has 18 heavy (non-hydrogen) atoms. The van der Waals surface area contributed by atoms with Crippen LogP contribution < -0.4 is 4.72 Å². The maximum Gasteiger partial charge on any atom is 0.250 e. The molecule has 0 saturated carbocycles. The Morgan fingerprint density at radius 3 is 2.50 bits per heavy atom. The predicted molar refractivity (Wildman–Crippen MR) is 77.4 cm³/mol. The van der Waals surface area contributed by atoms with Gasteiger partial charge < -0.3 is 5.11 Å². The van der Waals surface area contributed by atoms with Crippen LogP contribution in [0, 0.1) is 12.8 Å². The van der Waals surface area contributed by atoms with Crippen molar-refractivity contribution in [1.29, 1.82) is 0 Å². The standard InChI is InChI=1S/C11H18BrNO3S2/c1-7(2)4-9(6-14)13-18(15,16)10-5-8(3)11(12)17-10/h5,7,9,13-14H,4,6H2,1-3H3. The first-order valence-corrected chi connectivity index (χ1v) is 8.74. The molecule has 0 aliphatic rings. The maximum absolute atomic E-state index is 12.1. The van der Waals surface area contributed by atoms with Crippen LogP contribution in [0.25, 0.3) is 0 Å². The lowest BCUT2D eigenvalue weighted by Gasteiger charge is -2.17. The molecule has 1 aromatic rings. The summed E-state index contributed by atoms with van der Waals surface area (Å²) >= 11 is 4.49. The van der Waals surface area contributed by atoms with E-state index >= 15 is 0 Å². The largest absolute Gasteiger partial charge is 0.395 e. The summed E-state index contributed by atoms with van der Waals surface area (Å²) in [4.78, 5) is 0. The quantitative estimate of drug-likeness (QED) is 0.823. The fourth-order valence-corrected chi connectivity index (χ4v) is 5.05. The molecule has 0 aliphatic carbocycles. The Labute approximate surface area is 121 Å². The van der Waals surface area contributed by atoms with Crippen LogP contribution in [0.5, 0.6) is 0 Å². The second kappa shape index (κ2) is 6.47. The number of sulfonamides is 1. The summed E-state index contributed by atoms with van der Waals surface area (Å²) < 4.78 is 27.9. The van der Waals surface area contributed by atoms with Gasteiger partial charge in [-0.3, -0.25) is 0 Å². The van der Waals surface area contributed by atoms with E-state index in [2.05, 4.69) is 20.7 Å². The monoisotopic (exact) mass is 355 g/mol. The molecular formula is C11H18BrNO3S2. The molecule has 7 heteroatoms. The van der Waals surface area contributed by atoms with Gasteiger partial charge in [-0.15, -0.1) is 11.3 Å². The average Bonchev–Trinajstić information content (AvgIpc) is 2.58. The van der Waals surface area contributed by atoms with Gasteiger partial charge in [-0.05, 0) is 46.8 Å². The van der Waals surface area contributed by atoms with E-state index in [1.54, 1.807) is 6.07 Å². The van der Waals surface area contributed by atoms with Crippen molar-refractivity contribution >= 4 is 37.3 Å². The maximum atomic E-state index is 12.1. The number of hydrogen-bond donors (Lipinski definition) is 2. The van der Waals surface area contributed by atoms with Gasteiger partial charge in [-0.25, -0.2) is 13.1 Å². The molecule has 1 unspecified atom stereocenters. The molecule has 1 aromatic heterocycles. The third-order valence-electron chi connectivity index (χ3n) is 2.40. The van der Waals surface area contributed by atoms with Gasteiger partial charge in [0, 0.05) is 6.04 Å². The number of aryl methyl sites for hydroxylation is 1. The summed E-state index contributed by atoms with van der Waals surface area (Å²) in [7, 11) is -3.54. The van der Waals surface area contributed by atoms with E-state index in [0.29, 0.717) is 12.3 Å². The number of aliphatic hydroxyl groups excluding tert-OH is 1. The minimum Gasteiger partial charge on any atom is -0.395 e. The summed E-state index contributed by atoms with van der Waals surface area (Å²) in [5.41, 5.74) is 0.893. The number of aliphatic hydroxyl groups is 1.